The normalized spacial score (nSPS) is 10.5. The van der Waals surface area contributed by atoms with E-state index in [0.29, 0.717) is 13.1 Å². The molecule has 0 saturated heterocycles. The SMILES string of the molecule is Cc1cc(CNCc2cccc([N+](=O)[O-])c2)on1. The molecule has 0 aliphatic carbocycles. The van der Waals surface area contributed by atoms with Crippen LogP contribution in [0.1, 0.15) is 17.0 Å². The molecule has 6 nitrogen and oxygen atoms in total. The van der Waals surface area contributed by atoms with Gasteiger partial charge in [-0.2, -0.15) is 0 Å². The first-order chi connectivity index (χ1) is 8.65. The van der Waals surface area contributed by atoms with Gasteiger partial charge in [-0.05, 0) is 12.5 Å². The molecule has 0 saturated carbocycles. The largest absolute Gasteiger partial charge is 0.360 e. The van der Waals surface area contributed by atoms with Gasteiger partial charge in [-0.15, -0.1) is 0 Å². The van der Waals surface area contributed by atoms with Gasteiger partial charge in [-0.3, -0.25) is 10.1 Å². The second-order valence-electron chi connectivity index (χ2n) is 3.97. The zero-order chi connectivity index (χ0) is 13.0. The number of nitro groups is 1. The number of hydrogen-bond donors (Lipinski definition) is 1. The molecule has 6 heteroatoms. The Morgan fingerprint density at radius 1 is 1.39 bits per heavy atom. The molecule has 0 unspecified atom stereocenters. The lowest BCUT2D eigenvalue weighted by Crippen LogP contribution is -2.12. The summed E-state index contributed by atoms with van der Waals surface area (Å²) < 4.78 is 5.04. The van der Waals surface area contributed by atoms with Crippen molar-refractivity contribution in [1.29, 1.82) is 0 Å². The first-order valence-corrected chi connectivity index (χ1v) is 5.51. The van der Waals surface area contributed by atoms with Crippen LogP contribution < -0.4 is 5.32 Å². The van der Waals surface area contributed by atoms with E-state index in [-0.39, 0.29) is 5.69 Å². The average Bonchev–Trinajstić information content (AvgIpc) is 2.75. The lowest BCUT2D eigenvalue weighted by Gasteiger charge is -2.02. The fraction of sp³-hybridized carbons (Fsp3) is 0.250. The van der Waals surface area contributed by atoms with Crippen LogP contribution in [0.25, 0.3) is 0 Å². The van der Waals surface area contributed by atoms with Crippen molar-refractivity contribution in [2.24, 2.45) is 0 Å². The molecule has 0 atom stereocenters. The standard InChI is InChI=1S/C12H13N3O3/c1-9-5-12(18-14-9)8-13-7-10-3-2-4-11(6-10)15(16)17/h2-6,13H,7-8H2,1H3. The number of nitro benzene ring substituents is 1. The molecule has 0 aliphatic rings. The van der Waals surface area contributed by atoms with Gasteiger partial charge in [0.25, 0.3) is 5.69 Å². The first-order valence-electron chi connectivity index (χ1n) is 5.51. The lowest BCUT2D eigenvalue weighted by molar-refractivity contribution is -0.384. The Labute approximate surface area is 104 Å². The maximum atomic E-state index is 10.6. The highest BCUT2D eigenvalue weighted by Gasteiger charge is 2.05. The van der Waals surface area contributed by atoms with Crippen molar-refractivity contribution in [1.82, 2.24) is 10.5 Å². The topological polar surface area (TPSA) is 81.2 Å². The van der Waals surface area contributed by atoms with Gasteiger partial charge in [-0.25, -0.2) is 0 Å². The fourth-order valence-corrected chi connectivity index (χ4v) is 1.61. The number of nitrogens with one attached hydrogen (secondary N) is 1. The highest BCUT2D eigenvalue weighted by molar-refractivity contribution is 5.34. The molecule has 0 bridgehead atoms. The summed E-state index contributed by atoms with van der Waals surface area (Å²) >= 11 is 0. The molecular weight excluding hydrogens is 234 g/mol. The van der Waals surface area contributed by atoms with E-state index in [1.54, 1.807) is 12.1 Å². The van der Waals surface area contributed by atoms with Crippen molar-refractivity contribution in [2.45, 2.75) is 20.0 Å². The van der Waals surface area contributed by atoms with Crippen LogP contribution in [-0.2, 0) is 13.1 Å². The van der Waals surface area contributed by atoms with Crippen LogP contribution in [0, 0.1) is 17.0 Å². The molecule has 0 fully saturated rings. The predicted molar refractivity (Wildman–Crippen MR) is 64.9 cm³/mol. The Bertz CT molecular complexity index is 551. The monoisotopic (exact) mass is 247 g/mol. The Balaban J connectivity index is 1.90. The summed E-state index contributed by atoms with van der Waals surface area (Å²) in [6.07, 6.45) is 0. The highest BCUT2D eigenvalue weighted by atomic mass is 16.6. The van der Waals surface area contributed by atoms with E-state index in [4.69, 9.17) is 4.52 Å². The van der Waals surface area contributed by atoms with Crippen LogP contribution in [0.15, 0.2) is 34.9 Å². The maximum Gasteiger partial charge on any atom is 0.269 e. The molecule has 1 aromatic carbocycles. The fourth-order valence-electron chi connectivity index (χ4n) is 1.61. The summed E-state index contributed by atoms with van der Waals surface area (Å²) in [5, 5.41) is 17.5. The Kier molecular flexibility index (Phi) is 3.69. The van der Waals surface area contributed by atoms with Gasteiger partial charge in [0, 0.05) is 24.7 Å². The minimum Gasteiger partial charge on any atom is -0.360 e. The summed E-state index contributed by atoms with van der Waals surface area (Å²) in [6.45, 7) is 2.94. The second kappa shape index (κ2) is 5.42. The molecule has 0 aliphatic heterocycles. The zero-order valence-corrected chi connectivity index (χ0v) is 9.92. The number of nitrogens with zero attached hydrogens (tertiary/aromatic N) is 2. The molecule has 18 heavy (non-hydrogen) atoms. The van der Waals surface area contributed by atoms with E-state index in [1.165, 1.54) is 6.07 Å². The van der Waals surface area contributed by atoms with Gasteiger partial charge in [0.1, 0.15) is 0 Å². The van der Waals surface area contributed by atoms with Crippen molar-refractivity contribution < 1.29 is 9.45 Å². The molecule has 0 amide bonds. The summed E-state index contributed by atoms with van der Waals surface area (Å²) in [5.41, 5.74) is 1.80. The number of hydrogen-bond acceptors (Lipinski definition) is 5. The predicted octanol–water partition coefficient (Wildman–Crippen LogP) is 2.18. The Morgan fingerprint density at radius 3 is 2.89 bits per heavy atom. The van der Waals surface area contributed by atoms with Crippen LogP contribution in [0.2, 0.25) is 0 Å². The lowest BCUT2D eigenvalue weighted by atomic mass is 10.2. The first kappa shape index (κ1) is 12.3. The Morgan fingerprint density at radius 2 is 2.22 bits per heavy atom. The number of benzene rings is 1. The van der Waals surface area contributed by atoms with Crippen LogP contribution in [0.4, 0.5) is 5.69 Å². The van der Waals surface area contributed by atoms with Crippen LogP contribution in [-0.4, -0.2) is 10.1 Å². The third kappa shape index (κ3) is 3.14. The third-order valence-electron chi connectivity index (χ3n) is 2.43. The molecule has 1 N–H and O–H groups in total. The van der Waals surface area contributed by atoms with Crippen LogP contribution in [0.3, 0.4) is 0 Å². The van der Waals surface area contributed by atoms with Crippen molar-refractivity contribution in [3.63, 3.8) is 0 Å². The van der Waals surface area contributed by atoms with Crippen molar-refractivity contribution >= 4 is 5.69 Å². The number of non-ortho nitro benzene ring substituents is 1. The van der Waals surface area contributed by atoms with E-state index >= 15 is 0 Å². The molecule has 2 rings (SSSR count). The summed E-state index contributed by atoms with van der Waals surface area (Å²) in [7, 11) is 0. The second-order valence-corrected chi connectivity index (χ2v) is 3.97. The summed E-state index contributed by atoms with van der Waals surface area (Å²) in [6, 6.07) is 8.39. The molecule has 94 valence electrons. The maximum absolute atomic E-state index is 10.6. The molecule has 0 spiro atoms. The number of aryl methyl sites for hydroxylation is 1. The smallest absolute Gasteiger partial charge is 0.269 e. The van der Waals surface area contributed by atoms with Crippen molar-refractivity contribution in [3.8, 4) is 0 Å². The van der Waals surface area contributed by atoms with E-state index < -0.39 is 4.92 Å². The third-order valence-corrected chi connectivity index (χ3v) is 2.43. The molecular formula is C12H13N3O3. The van der Waals surface area contributed by atoms with E-state index in [2.05, 4.69) is 10.5 Å². The Hall–Kier alpha value is -2.21. The summed E-state index contributed by atoms with van der Waals surface area (Å²) in [5.74, 6) is 0.748. The van der Waals surface area contributed by atoms with Crippen molar-refractivity contribution in [3.05, 3.63) is 57.5 Å². The number of rotatable bonds is 5. The quantitative estimate of drug-likeness (QED) is 0.647. The summed E-state index contributed by atoms with van der Waals surface area (Å²) in [4.78, 5) is 10.2. The van der Waals surface area contributed by atoms with E-state index in [0.717, 1.165) is 17.0 Å². The highest BCUT2D eigenvalue weighted by Crippen LogP contribution is 2.13. The van der Waals surface area contributed by atoms with Crippen molar-refractivity contribution in [2.75, 3.05) is 0 Å². The van der Waals surface area contributed by atoms with Crippen LogP contribution >= 0.6 is 0 Å². The van der Waals surface area contributed by atoms with Gasteiger partial charge < -0.3 is 9.84 Å². The molecule has 1 heterocycles. The minimum absolute atomic E-state index is 0.102. The van der Waals surface area contributed by atoms with Gasteiger partial charge in [0.05, 0.1) is 17.2 Å². The number of aromatic nitrogens is 1. The van der Waals surface area contributed by atoms with Gasteiger partial charge in [0.15, 0.2) is 5.76 Å². The van der Waals surface area contributed by atoms with Gasteiger partial charge in [0.2, 0.25) is 0 Å². The van der Waals surface area contributed by atoms with Crippen LogP contribution in [0.5, 0.6) is 0 Å². The average molecular weight is 247 g/mol. The zero-order valence-electron chi connectivity index (χ0n) is 9.92. The molecule has 2 aromatic rings. The van der Waals surface area contributed by atoms with E-state index in [9.17, 15) is 10.1 Å². The van der Waals surface area contributed by atoms with E-state index in [1.807, 2.05) is 19.1 Å². The van der Waals surface area contributed by atoms with Gasteiger partial charge in [-0.1, -0.05) is 17.3 Å². The minimum atomic E-state index is -0.399. The molecule has 0 radical (unpaired) electrons. The molecule has 1 aromatic heterocycles. The van der Waals surface area contributed by atoms with Gasteiger partial charge >= 0.3 is 0 Å².